The predicted molar refractivity (Wildman–Crippen MR) is 88.1 cm³/mol. The Morgan fingerprint density at radius 2 is 1.81 bits per heavy atom. The van der Waals surface area contributed by atoms with Crippen LogP contribution < -0.4 is 0 Å². The first-order chi connectivity index (χ1) is 12.5. The zero-order valence-corrected chi connectivity index (χ0v) is 14.4. The number of likely N-dealkylation sites (tertiary alicyclic amines) is 1. The van der Waals surface area contributed by atoms with Gasteiger partial charge in [0.25, 0.3) is 0 Å². The van der Waals surface area contributed by atoms with Crippen molar-refractivity contribution in [2.24, 2.45) is 16.7 Å². The largest absolute Gasteiger partial charge is 0.450 e. The zero-order chi connectivity index (χ0) is 18.9. The van der Waals surface area contributed by atoms with Gasteiger partial charge in [0.2, 0.25) is 0 Å². The number of amides is 1. The molecule has 0 N–H and O–H groups in total. The highest BCUT2D eigenvalue weighted by Crippen LogP contribution is 2.74. The van der Waals surface area contributed by atoms with Crippen LogP contribution in [0.5, 0.6) is 0 Å². The summed E-state index contributed by atoms with van der Waals surface area (Å²) in [6, 6.07) is 9.22. The second-order valence-corrected chi connectivity index (χ2v) is 6.68. The smallest absolute Gasteiger partial charge is 0.409 e. The molecule has 2 fully saturated rings. The van der Waals surface area contributed by atoms with Crippen molar-refractivity contribution in [1.82, 2.24) is 4.90 Å². The van der Waals surface area contributed by atoms with Crippen molar-refractivity contribution in [3.05, 3.63) is 35.6 Å². The molecule has 1 heterocycles. The van der Waals surface area contributed by atoms with Crippen LogP contribution in [0.4, 0.5) is 9.18 Å². The van der Waals surface area contributed by atoms with E-state index in [0.29, 0.717) is 25.9 Å². The number of Topliss-reactive ketones (excluding diaryl/α,β-unsaturated/α-hetero) is 1. The summed E-state index contributed by atoms with van der Waals surface area (Å²) in [6.45, 7) is 2.65. The number of carbonyl (C=O) groups excluding carboxylic acids is 2. The second-order valence-electron chi connectivity index (χ2n) is 6.68. The Labute approximate surface area is 150 Å². The number of ether oxygens (including phenoxy) is 1. The summed E-state index contributed by atoms with van der Waals surface area (Å²) in [5.41, 5.74) is -1.89. The third-order valence-corrected chi connectivity index (χ3v) is 5.61. The number of hydrogen-bond acceptors (Lipinski definition) is 5. The lowest BCUT2D eigenvalue weighted by Gasteiger charge is -2.32. The van der Waals surface area contributed by atoms with Gasteiger partial charge in [0.1, 0.15) is 5.82 Å². The molecule has 26 heavy (non-hydrogen) atoms. The quantitative estimate of drug-likeness (QED) is 0.777. The van der Waals surface area contributed by atoms with E-state index >= 15 is 0 Å². The number of piperidine rings is 1. The van der Waals surface area contributed by atoms with Crippen molar-refractivity contribution in [2.45, 2.75) is 19.8 Å². The maximum atomic E-state index is 13.1. The molecule has 2 aliphatic rings. The van der Waals surface area contributed by atoms with E-state index in [9.17, 15) is 24.5 Å². The fourth-order valence-electron chi connectivity index (χ4n) is 4.19. The van der Waals surface area contributed by atoms with Crippen molar-refractivity contribution in [2.75, 3.05) is 19.7 Å². The first kappa shape index (κ1) is 17.9. The molecule has 1 aliphatic heterocycles. The van der Waals surface area contributed by atoms with Gasteiger partial charge in [-0.15, -0.1) is 0 Å². The molecule has 6 nitrogen and oxygen atoms in total. The van der Waals surface area contributed by atoms with Crippen molar-refractivity contribution < 1.29 is 18.7 Å². The van der Waals surface area contributed by atoms with Gasteiger partial charge >= 0.3 is 6.09 Å². The Bertz CT molecular complexity index is 800. The Morgan fingerprint density at radius 1 is 1.23 bits per heavy atom. The van der Waals surface area contributed by atoms with E-state index in [1.165, 1.54) is 29.2 Å². The van der Waals surface area contributed by atoms with Crippen LogP contribution in [0.15, 0.2) is 24.3 Å². The van der Waals surface area contributed by atoms with E-state index in [1.54, 1.807) is 6.92 Å². The van der Waals surface area contributed by atoms with E-state index < -0.39 is 28.7 Å². The summed E-state index contributed by atoms with van der Waals surface area (Å²) in [5.74, 6) is -1.54. The Hall–Kier alpha value is -2.93. The number of ketones is 1. The number of carbonyl (C=O) groups is 2. The maximum absolute atomic E-state index is 13.1. The fraction of sp³-hybridized carbons (Fsp3) is 0.474. The molecular weight excluding hydrogens is 337 g/mol. The molecular formula is C19H18FN3O3. The predicted octanol–water partition coefficient (Wildman–Crippen LogP) is 2.91. The van der Waals surface area contributed by atoms with Gasteiger partial charge in [0, 0.05) is 24.1 Å². The summed E-state index contributed by atoms with van der Waals surface area (Å²) < 4.78 is 18.1. The van der Waals surface area contributed by atoms with Gasteiger partial charge in [0.15, 0.2) is 11.2 Å². The second kappa shape index (κ2) is 6.42. The molecule has 134 valence electrons. The lowest BCUT2D eigenvalue weighted by molar-refractivity contribution is 0.0812. The van der Waals surface area contributed by atoms with Crippen LogP contribution in [0.2, 0.25) is 0 Å². The molecule has 1 spiro atoms. The van der Waals surface area contributed by atoms with Crippen LogP contribution in [0, 0.1) is 45.2 Å². The molecule has 0 radical (unpaired) electrons. The standard InChI is InChI=1S/C19H18FN3O3/c1-2-26-17(25)23-9-7-18(8-10-23)16(19(18,11-21)12-22)15(24)13-3-5-14(20)6-4-13/h3-6,16H,2,7-10H2,1H3/t16-/m0/s1. The normalized spacial score (nSPS) is 22.2. The van der Waals surface area contributed by atoms with Crippen LogP contribution in [-0.4, -0.2) is 36.5 Å². The van der Waals surface area contributed by atoms with E-state index in [-0.39, 0.29) is 18.0 Å². The summed E-state index contributed by atoms with van der Waals surface area (Å²) in [4.78, 5) is 26.3. The van der Waals surface area contributed by atoms with Crippen LogP contribution in [0.3, 0.4) is 0 Å². The molecule has 0 unspecified atom stereocenters. The molecule has 1 aromatic rings. The van der Waals surface area contributed by atoms with Gasteiger partial charge in [-0.3, -0.25) is 4.79 Å². The highest BCUT2D eigenvalue weighted by molar-refractivity contribution is 6.02. The molecule has 1 aromatic carbocycles. The average Bonchev–Trinajstić information content (AvgIpc) is 3.22. The summed E-state index contributed by atoms with van der Waals surface area (Å²) in [7, 11) is 0. The molecule has 3 rings (SSSR count). The number of nitrogens with zero attached hydrogens (tertiary/aromatic N) is 3. The summed E-state index contributed by atoms with van der Waals surface area (Å²) in [5, 5.41) is 19.3. The Morgan fingerprint density at radius 3 is 2.31 bits per heavy atom. The molecule has 0 aromatic heterocycles. The zero-order valence-electron chi connectivity index (χ0n) is 14.4. The molecule has 0 bridgehead atoms. The summed E-state index contributed by atoms with van der Waals surface area (Å²) >= 11 is 0. The molecule has 7 heteroatoms. The monoisotopic (exact) mass is 355 g/mol. The topological polar surface area (TPSA) is 94.2 Å². The van der Waals surface area contributed by atoms with Crippen LogP contribution >= 0.6 is 0 Å². The lowest BCUT2D eigenvalue weighted by Crippen LogP contribution is -2.41. The number of halogens is 1. The molecule has 1 aliphatic carbocycles. The van der Waals surface area contributed by atoms with Gasteiger partial charge in [-0.05, 0) is 44.0 Å². The Balaban J connectivity index is 1.84. The third kappa shape index (κ3) is 2.43. The Kier molecular flexibility index (Phi) is 4.41. The number of nitriles is 2. The van der Waals surface area contributed by atoms with Crippen molar-refractivity contribution in [3.63, 3.8) is 0 Å². The minimum Gasteiger partial charge on any atom is -0.450 e. The first-order valence-corrected chi connectivity index (χ1v) is 8.49. The van der Waals surface area contributed by atoms with E-state index in [1.807, 2.05) is 0 Å². The SMILES string of the molecule is CCOC(=O)N1CCC2(CC1)[C@H](C(=O)c1ccc(F)cc1)C2(C#N)C#N. The van der Waals surface area contributed by atoms with E-state index in [0.717, 1.165) is 0 Å². The lowest BCUT2D eigenvalue weighted by atomic mass is 9.84. The molecule has 1 saturated heterocycles. The highest BCUT2D eigenvalue weighted by atomic mass is 19.1. The molecule has 1 atom stereocenters. The molecule has 1 saturated carbocycles. The highest BCUT2D eigenvalue weighted by Gasteiger charge is 2.80. The van der Waals surface area contributed by atoms with Gasteiger partial charge in [-0.25, -0.2) is 9.18 Å². The van der Waals surface area contributed by atoms with Crippen molar-refractivity contribution in [1.29, 1.82) is 10.5 Å². The first-order valence-electron chi connectivity index (χ1n) is 8.49. The fourth-order valence-corrected chi connectivity index (χ4v) is 4.19. The van der Waals surface area contributed by atoms with E-state index in [4.69, 9.17) is 4.74 Å². The van der Waals surface area contributed by atoms with Gasteiger partial charge in [-0.1, -0.05) is 0 Å². The third-order valence-electron chi connectivity index (χ3n) is 5.61. The molecule has 1 amide bonds. The van der Waals surface area contributed by atoms with Gasteiger partial charge in [0.05, 0.1) is 24.7 Å². The minimum absolute atomic E-state index is 0.270. The number of hydrogen-bond donors (Lipinski definition) is 0. The average molecular weight is 355 g/mol. The maximum Gasteiger partial charge on any atom is 0.409 e. The van der Waals surface area contributed by atoms with Crippen LogP contribution in [0.1, 0.15) is 30.1 Å². The van der Waals surface area contributed by atoms with Crippen LogP contribution in [0.25, 0.3) is 0 Å². The minimum atomic E-state index is -1.40. The van der Waals surface area contributed by atoms with Gasteiger partial charge < -0.3 is 9.64 Å². The van der Waals surface area contributed by atoms with Crippen molar-refractivity contribution >= 4 is 11.9 Å². The number of benzene rings is 1. The number of rotatable bonds is 3. The van der Waals surface area contributed by atoms with Gasteiger partial charge in [-0.2, -0.15) is 10.5 Å². The van der Waals surface area contributed by atoms with Crippen molar-refractivity contribution in [3.8, 4) is 12.1 Å². The summed E-state index contributed by atoms with van der Waals surface area (Å²) in [6.07, 6.45) is 0.332. The van der Waals surface area contributed by atoms with E-state index in [2.05, 4.69) is 12.1 Å². The van der Waals surface area contributed by atoms with Crippen LogP contribution in [-0.2, 0) is 4.74 Å².